The highest BCUT2D eigenvalue weighted by atomic mass is 14.7. The number of aromatic nitrogens is 1. The predicted molar refractivity (Wildman–Crippen MR) is 69.6 cm³/mol. The summed E-state index contributed by atoms with van der Waals surface area (Å²) in [7, 11) is 0. The topological polar surface area (TPSA) is 41.8 Å². The van der Waals surface area contributed by atoms with E-state index in [0.29, 0.717) is 0 Å². The lowest BCUT2D eigenvalue weighted by Crippen LogP contribution is -2.11. The predicted octanol–water partition coefficient (Wildman–Crippen LogP) is 3.49. The van der Waals surface area contributed by atoms with Crippen molar-refractivity contribution in [1.29, 1.82) is 0 Å². The van der Waals surface area contributed by atoms with Crippen LogP contribution in [-0.2, 0) is 5.41 Å². The number of nitrogens with one attached hydrogen (secondary N) is 1. The zero-order valence-electron chi connectivity index (χ0n) is 10.5. The maximum atomic E-state index is 5.98. The van der Waals surface area contributed by atoms with Crippen molar-refractivity contribution in [2.24, 2.45) is 5.73 Å². The van der Waals surface area contributed by atoms with Crippen LogP contribution in [0.2, 0.25) is 0 Å². The van der Waals surface area contributed by atoms with Gasteiger partial charge in [-0.25, -0.2) is 0 Å². The van der Waals surface area contributed by atoms with Crippen LogP contribution in [0.1, 0.15) is 45.0 Å². The number of aromatic amines is 1. The number of hydrogen-bond acceptors (Lipinski definition) is 1. The van der Waals surface area contributed by atoms with Gasteiger partial charge in [-0.1, -0.05) is 32.9 Å². The Morgan fingerprint density at radius 1 is 1.25 bits per heavy atom. The number of benzene rings is 1. The first-order valence-electron chi connectivity index (χ1n) is 5.77. The Morgan fingerprint density at radius 2 is 1.94 bits per heavy atom. The quantitative estimate of drug-likeness (QED) is 0.753. The molecule has 1 atom stereocenters. The molecule has 2 heteroatoms. The van der Waals surface area contributed by atoms with Gasteiger partial charge in [-0.3, -0.25) is 0 Å². The average molecular weight is 216 g/mol. The fourth-order valence-corrected chi connectivity index (χ4v) is 1.98. The monoisotopic (exact) mass is 216 g/mol. The summed E-state index contributed by atoms with van der Waals surface area (Å²) in [6.07, 6.45) is 0. The molecular weight excluding hydrogens is 196 g/mol. The average Bonchev–Trinajstić information content (AvgIpc) is 2.59. The van der Waals surface area contributed by atoms with E-state index in [1.165, 1.54) is 22.2 Å². The molecule has 1 unspecified atom stereocenters. The molecule has 1 aromatic heterocycles. The minimum Gasteiger partial charge on any atom is -0.358 e. The number of H-pyrrole nitrogens is 1. The van der Waals surface area contributed by atoms with E-state index in [-0.39, 0.29) is 11.5 Å². The molecule has 0 radical (unpaired) electrons. The lowest BCUT2D eigenvalue weighted by Gasteiger charge is -2.15. The van der Waals surface area contributed by atoms with E-state index in [0.717, 1.165) is 0 Å². The second-order valence-corrected chi connectivity index (χ2v) is 5.53. The molecule has 3 N–H and O–H groups in total. The maximum Gasteiger partial charge on any atom is 0.0459 e. The molecule has 1 heterocycles. The summed E-state index contributed by atoms with van der Waals surface area (Å²) >= 11 is 0. The van der Waals surface area contributed by atoms with Crippen molar-refractivity contribution in [3.05, 3.63) is 35.5 Å². The van der Waals surface area contributed by atoms with Crippen molar-refractivity contribution in [3.63, 3.8) is 0 Å². The number of hydrogen-bond donors (Lipinski definition) is 2. The first-order chi connectivity index (χ1) is 7.39. The van der Waals surface area contributed by atoms with Gasteiger partial charge in [-0.15, -0.1) is 0 Å². The molecule has 0 fully saturated rings. The smallest absolute Gasteiger partial charge is 0.0459 e. The van der Waals surface area contributed by atoms with E-state index < -0.39 is 0 Å². The fraction of sp³-hybridized carbons (Fsp3) is 0.429. The van der Waals surface area contributed by atoms with Crippen LogP contribution < -0.4 is 5.73 Å². The van der Waals surface area contributed by atoms with Crippen molar-refractivity contribution in [3.8, 4) is 0 Å². The second kappa shape index (κ2) is 3.63. The van der Waals surface area contributed by atoms with E-state index >= 15 is 0 Å². The molecule has 2 aromatic rings. The summed E-state index contributed by atoms with van der Waals surface area (Å²) in [6, 6.07) is 8.58. The molecule has 0 aliphatic carbocycles. The highest BCUT2D eigenvalue weighted by Gasteiger charge is 2.17. The molecule has 0 spiro atoms. The molecule has 0 aliphatic rings. The summed E-state index contributed by atoms with van der Waals surface area (Å²) < 4.78 is 0. The standard InChI is InChI=1S/C14H20N2/c1-9(15)10-6-5-7-12-11(10)8-13(16-12)14(2,3)4/h5-9,16H,15H2,1-4H3. The largest absolute Gasteiger partial charge is 0.358 e. The van der Waals surface area contributed by atoms with Crippen LogP contribution in [0.3, 0.4) is 0 Å². The molecule has 1 aromatic carbocycles. The first kappa shape index (κ1) is 11.2. The molecule has 0 bridgehead atoms. The van der Waals surface area contributed by atoms with E-state index in [2.05, 4.69) is 50.0 Å². The summed E-state index contributed by atoms with van der Waals surface area (Å²) in [6.45, 7) is 8.66. The van der Waals surface area contributed by atoms with Crippen molar-refractivity contribution in [1.82, 2.24) is 4.98 Å². The molecule has 16 heavy (non-hydrogen) atoms. The Labute approximate surface area is 96.9 Å². The molecule has 86 valence electrons. The summed E-state index contributed by atoms with van der Waals surface area (Å²) in [5, 5.41) is 1.25. The second-order valence-electron chi connectivity index (χ2n) is 5.53. The molecule has 0 saturated carbocycles. The van der Waals surface area contributed by atoms with Crippen LogP contribution in [0.25, 0.3) is 10.9 Å². The zero-order valence-corrected chi connectivity index (χ0v) is 10.5. The van der Waals surface area contributed by atoms with Crippen LogP contribution >= 0.6 is 0 Å². The van der Waals surface area contributed by atoms with Crippen molar-refractivity contribution < 1.29 is 0 Å². The lowest BCUT2D eigenvalue weighted by molar-refractivity contribution is 0.574. The maximum absolute atomic E-state index is 5.98. The lowest BCUT2D eigenvalue weighted by atomic mass is 9.92. The van der Waals surface area contributed by atoms with Gasteiger partial charge in [0.1, 0.15) is 0 Å². The normalized spacial score (nSPS) is 14.3. The van der Waals surface area contributed by atoms with Crippen molar-refractivity contribution >= 4 is 10.9 Å². The third-order valence-corrected chi connectivity index (χ3v) is 3.00. The van der Waals surface area contributed by atoms with Gasteiger partial charge in [0.2, 0.25) is 0 Å². The Balaban J connectivity index is 2.66. The van der Waals surface area contributed by atoms with Gasteiger partial charge in [0.15, 0.2) is 0 Å². The van der Waals surface area contributed by atoms with Gasteiger partial charge >= 0.3 is 0 Å². The van der Waals surface area contributed by atoms with E-state index in [1.54, 1.807) is 0 Å². The third-order valence-electron chi connectivity index (χ3n) is 3.00. The SMILES string of the molecule is CC(N)c1cccc2[nH]c(C(C)(C)C)cc12. The van der Waals surface area contributed by atoms with E-state index in [4.69, 9.17) is 5.73 Å². The Hall–Kier alpha value is -1.28. The Bertz CT molecular complexity index is 501. The summed E-state index contributed by atoms with van der Waals surface area (Å²) in [5.74, 6) is 0. The van der Waals surface area contributed by atoms with Gasteiger partial charge < -0.3 is 10.7 Å². The van der Waals surface area contributed by atoms with Gasteiger partial charge in [0.05, 0.1) is 0 Å². The first-order valence-corrected chi connectivity index (χ1v) is 5.77. The number of fused-ring (bicyclic) bond motifs is 1. The van der Waals surface area contributed by atoms with Crippen LogP contribution in [0.15, 0.2) is 24.3 Å². The molecule has 0 aliphatic heterocycles. The highest BCUT2D eigenvalue weighted by Crippen LogP contribution is 2.29. The van der Waals surface area contributed by atoms with Crippen LogP contribution in [-0.4, -0.2) is 4.98 Å². The number of nitrogens with two attached hydrogens (primary N) is 1. The zero-order chi connectivity index (χ0) is 11.9. The Morgan fingerprint density at radius 3 is 2.50 bits per heavy atom. The number of rotatable bonds is 1. The fourth-order valence-electron chi connectivity index (χ4n) is 1.98. The molecule has 0 saturated heterocycles. The van der Waals surface area contributed by atoms with E-state index in [9.17, 15) is 0 Å². The van der Waals surface area contributed by atoms with Gasteiger partial charge in [-0.05, 0) is 24.6 Å². The van der Waals surface area contributed by atoms with Gasteiger partial charge in [-0.2, -0.15) is 0 Å². The van der Waals surface area contributed by atoms with Gasteiger partial charge in [0, 0.05) is 28.1 Å². The molecule has 2 rings (SSSR count). The Kier molecular flexibility index (Phi) is 2.55. The minimum atomic E-state index is 0.0762. The molecule has 2 nitrogen and oxygen atoms in total. The van der Waals surface area contributed by atoms with Crippen LogP contribution in [0.5, 0.6) is 0 Å². The summed E-state index contributed by atoms with van der Waals surface area (Å²) in [4.78, 5) is 3.48. The van der Waals surface area contributed by atoms with E-state index in [1.807, 2.05) is 6.92 Å². The van der Waals surface area contributed by atoms with Gasteiger partial charge in [0.25, 0.3) is 0 Å². The van der Waals surface area contributed by atoms with Crippen molar-refractivity contribution in [2.75, 3.05) is 0 Å². The third kappa shape index (κ3) is 1.85. The van der Waals surface area contributed by atoms with Crippen LogP contribution in [0.4, 0.5) is 0 Å². The molecular formula is C14H20N2. The van der Waals surface area contributed by atoms with Crippen molar-refractivity contribution in [2.45, 2.75) is 39.2 Å². The molecule has 0 amide bonds. The highest BCUT2D eigenvalue weighted by molar-refractivity contribution is 5.84. The summed E-state index contributed by atoms with van der Waals surface area (Å²) in [5.41, 5.74) is 9.78. The minimum absolute atomic E-state index is 0.0762. The van der Waals surface area contributed by atoms with Crippen LogP contribution in [0, 0.1) is 0 Å².